The van der Waals surface area contributed by atoms with Crippen LogP contribution >= 0.6 is 27.3 Å². The predicted octanol–water partition coefficient (Wildman–Crippen LogP) is 3.18. The van der Waals surface area contributed by atoms with Crippen molar-refractivity contribution in [1.29, 1.82) is 0 Å². The second-order valence-corrected chi connectivity index (χ2v) is 6.17. The Kier molecular flexibility index (Phi) is 5.97. The van der Waals surface area contributed by atoms with E-state index < -0.39 is 11.9 Å². The lowest BCUT2D eigenvalue weighted by atomic mass is 10.3. The van der Waals surface area contributed by atoms with Crippen LogP contribution in [0.2, 0.25) is 0 Å². The van der Waals surface area contributed by atoms with Gasteiger partial charge in [0.15, 0.2) is 11.6 Å². The molecule has 2 rings (SSSR count). The average Bonchev–Trinajstić information content (AvgIpc) is 2.83. The first kappa shape index (κ1) is 15.4. The van der Waals surface area contributed by atoms with E-state index in [1.165, 1.54) is 10.9 Å². The summed E-state index contributed by atoms with van der Waals surface area (Å²) in [5, 5.41) is 14.9. The summed E-state index contributed by atoms with van der Waals surface area (Å²) in [6.45, 7) is 1.14. The molecule has 1 heterocycles. The summed E-state index contributed by atoms with van der Waals surface area (Å²) < 4.78 is 19.6. The number of rotatable bonds is 7. The van der Waals surface area contributed by atoms with Gasteiger partial charge in [0.2, 0.25) is 0 Å². The summed E-state index contributed by atoms with van der Waals surface area (Å²) in [5.74, 6) is -0.259. The molecule has 6 heteroatoms. The van der Waals surface area contributed by atoms with Crippen molar-refractivity contribution >= 4 is 27.3 Å². The SMILES string of the molecule is OC(CNCc1cc(Br)cs1)COc1ccccc1F. The highest BCUT2D eigenvalue weighted by molar-refractivity contribution is 9.10. The van der Waals surface area contributed by atoms with Crippen LogP contribution in [0, 0.1) is 5.82 Å². The zero-order valence-corrected chi connectivity index (χ0v) is 13.1. The quantitative estimate of drug-likeness (QED) is 0.797. The predicted molar refractivity (Wildman–Crippen MR) is 81.6 cm³/mol. The molecule has 1 aromatic carbocycles. The van der Waals surface area contributed by atoms with Gasteiger partial charge in [0.05, 0.1) is 0 Å². The van der Waals surface area contributed by atoms with Crippen LogP contribution < -0.4 is 10.1 Å². The van der Waals surface area contributed by atoms with Gasteiger partial charge in [-0.05, 0) is 34.1 Å². The average molecular weight is 360 g/mol. The van der Waals surface area contributed by atoms with E-state index in [1.54, 1.807) is 29.5 Å². The zero-order valence-electron chi connectivity index (χ0n) is 10.7. The zero-order chi connectivity index (χ0) is 14.4. The third-order valence-corrected chi connectivity index (χ3v) is 4.27. The van der Waals surface area contributed by atoms with Gasteiger partial charge in [-0.25, -0.2) is 4.39 Å². The topological polar surface area (TPSA) is 41.5 Å². The van der Waals surface area contributed by atoms with E-state index in [1.807, 2.05) is 11.4 Å². The van der Waals surface area contributed by atoms with Gasteiger partial charge in [0, 0.05) is 27.8 Å². The Bertz CT molecular complexity index is 549. The number of thiophene rings is 1. The molecule has 0 fully saturated rings. The van der Waals surface area contributed by atoms with Crippen molar-refractivity contribution in [2.75, 3.05) is 13.2 Å². The van der Waals surface area contributed by atoms with E-state index in [9.17, 15) is 9.50 Å². The van der Waals surface area contributed by atoms with Crippen molar-refractivity contribution in [3.63, 3.8) is 0 Å². The number of benzene rings is 1. The maximum Gasteiger partial charge on any atom is 0.165 e. The number of hydrogen-bond acceptors (Lipinski definition) is 4. The van der Waals surface area contributed by atoms with E-state index in [0.29, 0.717) is 13.1 Å². The van der Waals surface area contributed by atoms with Crippen LogP contribution in [0.25, 0.3) is 0 Å². The standard InChI is InChI=1S/C14H15BrFNO2S/c15-10-5-12(20-9-10)7-17-6-11(18)8-19-14-4-2-1-3-13(14)16/h1-5,9,11,17-18H,6-8H2. The maximum atomic E-state index is 13.3. The highest BCUT2D eigenvalue weighted by atomic mass is 79.9. The molecule has 0 spiro atoms. The summed E-state index contributed by atoms with van der Waals surface area (Å²) in [6.07, 6.45) is -0.682. The molecule has 0 saturated carbocycles. The molecule has 1 aromatic heterocycles. The van der Waals surface area contributed by atoms with Gasteiger partial charge in [0.25, 0.3) is 0 Å². The molecule has 20 heavy (non-hydrogen) atoms. The molecule has 0 aliphatic heterocycles. The van der Waals surface area contributed by atoms with Crippen LogP contribution in [-0.2, 0) is 6.54 Å². The van der Waals surface area contributed by atoms with E-state index in [4.69, 9.17) is 4.74 Å². The molecule has 0 radical (unpaired) electrons. The van der Waals surface area contributed by atoms with Gasteiger partial charge < -0.3 is 15.2 Å². The molecular weight excluding hydrogens is 345 g/mol. The van der Waals surface area contributed by atoms with Gasteiger partial charge in [-0.15, -0.1) is 11.3 Å². The minimum Gasteiger partial charge on any atom is -0.488 e. The highest BCUT2D eigenvalue weighted by Gasteiger charge is 2.07. The van der Waals surface area contributed by atoms with Gasteiger partial charge in [-0.3, -0.25) is 0 Å². The van der Waals surface area contributed by atoms with Gasteiger partial charge in [0.1, 0.15) is 12.7 Å². The van der Waals surface area contributed by atoms with Crippen LogP contribution in [0.4, 0.5) is 4.39 Å². The first-order valence-corrected chi connectivity index (χ1v) is 7.81. The van der Waals surface area contributed by atoms with Crippen LogP contribution in [-0.4, -0.2) is 24.4 Å². The molecule has 0 amide bonds. The minimum atomic E-state index is -0.682. The smallest absolute Gasteiger partial charge is 0.165 e. The normalized spacial score (nSPS) is 12.3. The lowest BCUT2D eigenvalue weighted by molar-refractivity contribution is 0.104. The maximum absolute atomic E-state index is 13.3. The third kappa shape index (κ3) is 4.86. The van der Waals surface area contributed by atoms with Crippen molar-refractivity contribution in [1.82, 2.24) is 5.32 Å². The molecule has 3 nitrogen and oxygen atoms in total. The molecule has 108 valence electrons. The number of aliphatic hydroxyl groups is 1. The number of aliphatic hydroxyl groups excluding tert-OH is 1. The fraction of sp³-hybridized carbons (Fsp3) is 0.286. The summed E-state index contributed by atoms with van der Waals surface area (Å²) in [6, 6.07) is 8.18. The fourth-order valence-corrected chi connectivity index (χ4v) is 3.04. The number of hydrogen-bond donors (Lipinski definition) is 2. The molecule has 0 aliphatic carbocycles. The van der Waals surface area contributed by atoms with Crippen molar-refractivity contribution in [2.45, 2.75) is 12.6 Å². The largest absolute Gasteiger partial charge is 0.488 e. The van der Waals surface area contributed by atoms with E-state index in [2.05, 4.69) is 21.2 Å². The first-order valence-electron chi connectivity index (χ1n) is 6.14. The third-order valence-electron chi connectivity index (χ3n) is 2.57. The summed E-state index contributed by atoms with van der Waals surface area (Å²) >= 11 is 5.03. The Hall–Kier alpha value is -0.950. The van der Waals surface area contributed by atoms with Gasteiger partial charge in [-0.2, -0.15) is 0 Å². The Balaban J connectivity index is 1.68. The second-order valence-electron chi connectivity index (χ2n) is 4.26. The Morgan fingerprint density at radius 2 is 2.20 bits per heavy atom. The molecule has 0 aliphatic rings. The Morgan fingerprint density at radius 3 is 2.90 bits per heavy atom. The Morgan fingerprint density at radius 1 is 1.40 bits per heavy atom. The summed E-state index contributed by atoms with van der Waals surface area (Å²) in [7, 11) is 0. The lowest BCUT2D eigenvalue weighted by Crippen LogP contribution is -2.31. The lowest BCUT2D eigenvalue weighted by Gasteiger charge is -2.13. The summed E-state index contributed by atoms with van der Waals surface area (Å²) in [4.78, 5) is 1.18. The first-order chi connectivity index (χ1) is 9.65. The molecule has 2 aromatic rings. The number of nitrogens with one attached hydrogen (secondary N) is 1. The van der Waals surface area contributed by atoms with Crippen LogP contribution in [0.3, 0.4) is 0 Å². The van der Waals surface area contributed by atoms with Gasteiger partial charge >= 0.3 is 0 Å². The summed E-state index contributed by atoms with van der Waals surface area (Å²) in [5.41, 5.74) is 0. The molecule has 1 unspecified atom stereocenters. The van der Waals surface area contributed by atoms with Crippen LogP contribution in [0.5, 0.6) is 5.75 Å². The van der Waals surface area contributed by atoms with E-state index in [0.717, 1.165) is 4.47 Å². The van der Waals surface area contributed by atoms with Crippen LogP contribution in [0.1, 0.15) is 4.88 Å². The molecule has 2 N–H and O–H groups in total. The molecule has 1 atom stereocenters. The number of halogens is 2. The van der Waals surface area contributed by atoms with E-state index in [-0.39, 0.29) is 12.4 Å². The van der Waals surface area contributed by atoms with Gasteiger partial charge in [-0.1, -0.05) is 12.1 Å². The highest BCUT2D eigenvalue weighted by Crippen LogP contribution is 2.19. The van der Waals surface area contributed by atoms with Crippen molar-refractivity contribution < 1.29 is 14.2 Å². The number of para-hydroxylation sites is 1. The van der Waals surface area contributed by atoms with Crippen molar-refractivity contribution in [3.05, 3.63) is 50.9 Å². The van der Waals surface area contributed by atoms with Crippen molar-refractivity contribution in [3.8, 4) is 5.75 Å². The monoisotopic (exact) mass is 359 g/mol. The van der Waals surface area contributed by atoms with Crippen LogP contribution in [0.15, 0.2) is 40.2 Å². The molecule has 0 saturated heterocycles. The molecular formula is C14H15BrFNO2S. The molecule has 0 bridgehead atoms. The van der Waals surface area contributed by atoms with E-state index >= 15 is 0 Å². The fourth-order valence-electron chi connectivity index (χ4n) is 1.62. The second kappa shape index (κ2) is 7.73. The number of ether oxygens (including phenoxy) is 1. The minimum absolute atomic E-state index is 0.0576. The Labute approximate surface area is 129 Å². The van der Waals surface area contributed by atoms with Crippen molar-refractivity contribution in [2.24, 2.45) is 0 Å².